The molecule has 3 amide bonds. The van der Waals surface area contributed by atoms with E-state index in [1.165, 1.54) is 12.2 Å². The van der Waals surface area contributed by atoms with Crippen LogP contribution in [0.25, 0.3) is 0 Å². The van der Waals surface area contributed by atoms with Gasteiger partial charge in [0.15, 0.2) is 6.10 Å². The number of aromatic nitrogens is 1. The summed E-state index contributed by atoms with van der Waals surface area (Å²) >= 11 is 0. The number of ether oxygens (including phenoxy) is 1. The minimum absolute atomic E-state index is 0.120. The Hall–Kier alpha value is -2.52. The second-order valence-corrected chi connectivity index (χ2v) is 6.08. The largest absolute Gasteiger partial charge is 0.449 e. The lowest BCUT2D eigenvalue weighted by Crippen LogP contribution is -2.47. The van der Waals surface area contributed by atoms with E-state index in [2.05, 4.69) is 0 Å². The number of rotatable bonds is 5. The molecule has 0 spiro atoms. The highest BCUT2D eigenvalue weighted by Gasteiger charge is 2.29. The Morgan fingerprint density at radius 3 is 2.23 bits per heavy atom. The van der Waals surface area contributed by atoms with Crippen molar-refractivity contribution in [3.8, 4) is 0 Å². The number of hydrogen-bond acceptors (Lipinski definition) is 4. The highest BCUT2D eigenvalue weighted by molar-refractivity contribution is 5.98. The Kier molecular flexibility index (Phi) is 6.82. The van der Waals surface area contributed by atoms with Crippen LogP contribution >= 0.6 is 0 Å². The fraction of sp³-hybridized carbons (Fsp3) is 0.562. The minimum atomic E-state index is -4.60. The summed E-state index contributed by atoms with van der Waals surface area (Å²) in [6, 6.07) is 0.418. The summed E-state index contributed by atoms with van der Waals surface area (Å²) in [5.74, 6) is -1.79. The van der Waals surface area contributed by atoms with Gasteiger partial charge in [-0.25, -0.2) is 9.59 Å². The molecule has 0 aliphatic heterocycles. The van der Waals surface area contributed by atoms with Crippen LogP contribution in [0.1, 0.15) is 48.6 Å². The number of aryl methyl sites for hydroxylation is 1. The quantitative estimate of drug-likeness (QED) is 0.772. The molecule has 1 aromatic rings. The molecule has 1 rings (SSSR count). The lowest BCUT2D eigenvalue weighted by atomic mass is 10.2. The molecule has 26 heavy (non-hydrogen) atoms. The summed E-state index contributed by atoms with van der Waals surface area (Å²) in [4.78, 5) is 35.3. The van der Waals surface area contributed by atoms with Crippen LogP contribution in [0.3, 0.4) is 0 Å². The first kappa shape index (κ1) is 21.5. The SMILES string of the molecule is Cc1cc(C(=O)O[C@@H](C)C(=O)NC(=O)NCC(F)(F)F)c(C)n1C(C)C. The molecule has 0 bridgehead atoms. The fourth-order valence-corrected chi connectivity index (χ4v) is 2.49. The van der Waals surface area contributed by atoms with Crippen LogP contribution < -0.4 is 10.6 Å². The maximum Gasteiger partial charge on any atom is 0.405 e. The predicted octanol–water partition coefficient (Wildman–Crippen LogP) is 2.62. The zero-order valence-electron chi connectivity index (χ0n) is 15.2. The second-order valence-electron chi connectivity index (χ2n) is 6.08. The van der Waals surface area contributed by atoms with Crippen LogP contribution in [0.5, 0.6) is 0 Å². The van der Waals surface area contributed by atoms with Crippen molar-refractivity contribution in [1.82, 2.24) is 15.2 Å². The molecule has 0 saturated carbocycles. The first-order chi connectivity index (χ1) is 11.8. The van der Waals surface area contributed by atoms with Gasteiger partial charge in [0.25, 0.3) is 5.91 Å². The number of halogens is 3. The standard InChI is InChI=1S/C16H22F3N3O4/c1-8(2)22-9(3)6-12(10(22)4)14(24)26-11(5)13(23)21-15(25)20-7-16(17,18)19/h6,8,11H,7H2,1-5H3,(H2,20,21,23,25)/t11-/m0/s1. The third-order valence-corrected chi connectivity index (χ3v) is 3.56. The maximum absolute atomic E-state index is 12.2. The van der Waals surface area contributed by atoms with Crippen molar-refractivity contribution >= 4 is 17.9 Å². The van der Waals surface area contributed by atoms with Crippen LogP contribution in [0.4, 0.5) is 18.0 Å². The van der Waals surface area contributed by atoms with Crippen LogP contribution in [0.2, 0.25) is 0 Å². The van der Waals surface area contributed by atoms with E-state index in [1.54, 1.807) is 18.3 Å². The van der Waals surface area contributed by atoms with Crippen molar-refractivity contribution in [3.63, 3.8) is 0 Å². The summed E-state index contributed by atoms with van der Waals surface area (Å²) in [6.45, 7) is 7.09. The predicted molar refractivity (Wildman–Crippen MR) is 86.8 cm³/mol. The molecule has 2 N–H and O–H groups in total. The van der Waals surface area contributed by atoms with E-state index in [-0.39, 0.29) is 11.6 Å². The van der Waals surface area contributed by atoms with E-state index < -0.39 is 36.7 Å². The number of nitrogens with one attached hydrogen (secondary N) is 2. The number of nitrogens with zero attached hydrogens (tertiary/aromatic N) is 1. The first-order valence-electron chi connectivity index (χ1n) is 7.88. The Labute approximate surface area is 148 Å². The smallest absolute Gasteiger partial charge is 0.405 e. The van der Waals surface area contributed by atoms with Gasteiger partial charge in [-0.1, -0.05) is 0 Å². The summed E-state index contributed by atoms with van der Waals surface area (Å²) in [5.41, 5.74) is 1.78. The average molecular weight is 377 g/mol. The third kappa shape index (κ3) is 5.78. The number of hydrogen-bond donors (Lipinski definition) is 2. The molecular weight excluding hydrogens is 355 g/mol. The highest BCUT2D eigenvalue weighted by atomic mass is 19.4. The molecule has 0 unspecified atom stereocenters. The van der Waals surface area contributed by atoms with E-state index in [9.17, 15) is 27.6 Å². The van der Waals surface area contributed by atoms with Gasteiger partial charge in [0, 0.05) is 17.4 Å². The Bertz CT molecular complexity index is 696. The van der Waals surface area contributed by atoms with E-state index in [1.807, 2.05) is 25.3 Å². The van der Waals surface area contributed by atoms with Crippen molar-refractivity contribution in [1.29, 1.82) is 0 Å². The molecule has 1 heterocycles. The number of alkyl halides is 3. The fourth-order valence-electron chi connectivity index (χ4n) is 2.49. The third-order valence-electron chi connectivity index (χ3n) is 3.56. The normalized spacial score (nSPS) is 12.7. The molecular formula is C16H22F3N3O4. The number of amides is 3. The Morgan fingerprint density at radius 2 is 1.77 bits per heavy atom. The first-order valence-corrected chi connectivity index (χ1v) is 7.88. The molecule has 0 saturated heterocycles. The van der Waals surface area contributed by atoms with Crippen LogP contribution in [-0.2, 0) is 9.53 Å². The van der Waals surface area contributed by atoms with Gasteiger partial charge in [-0.05, 0) is 40.7 Å². The monoisotopic (exact) mass is 377 g/mol. The molecule has 0 fully saturated rings. The van der Waals surface area contributed by atoms with E-state index >= 15 is 0 Å². The van der Waals surface area contributed by atoms with Crippen LogP contribution in [-0.4, -0.2) is 41.3 Å². The molecule has 146 valence electrons. The van der Waals surface area contributed by atoms with Gasteiger partial charge in [0.1, 0.15) is 6.54 Å². The maximum atomic E-state index is 12.2. The lowest BCUT2D eigenvalue weighted by Gasteiger charge is -2.15. The van der Waals surface area contributed by atoms with Gasteiger partial charge in [0.2, 0.25) is 0 Å². The van der Waals surface area contributed by atoms with Crippen molar-refractivity contribution in [2.75, 3.05) is 6.54 Å². The second kappa shape index (κ2) is 8.24. The average Bonchev–Trinajstić information content (AvgIpc) is 2.79. The number of imide groups is 1. The zero-order chi connectivity index (χ0) is 20.2. The molecule has 0 aromatic carbocycles. The highest BCUT2D eigenvalue weighted by Crippen LogP contribution is 2.21. The molecule has 10 heteroatoms. The zero-order valence-corrected chi connectivity index (χ0v) is 15.2. The number of urea groups is 1. The van der Waals surface area contributed by atoms with E-state index in [0.717, 1.165) is 5.69 Å². The van der Waals surface area contributed by atoms with Crippen LogP contribution in [0.15, 0.2) is 6.07 Å². The van der Waals surface area contributed by atoms with Crippen molar-refractivity contribution in [2.24, 2.45) is 0 Å². The lowest BCUT2D eigenvalue weighted by molar-refractivity contribution is -0.129. The van der Waals surface area contributed by atoms with Gasteiger partial charge in [-0.2, -0.15) is 13.2 Å². The molecule has 7 nitrogen and oxygen atoms in total. The van der Waals surface area contributed by atoms with Crippen molar-refractivity contribution in [3.05, 3.63) is 23.0 Å². The van der Waals surface area contributed by atoms with E-state index in [0.29, 0.717) is 5.69 Å². The van der Waals surface area contributed by atoms with Gasteiger partial charge in [-0.15, -0.1) is 0 Å². The topological polar surface area (TPSA) is 89.4 Å². The van der Waals surface area contributed by atoms with Crippen molar-refractivity contribution in [2.45, 2.75) is 52.9 Å². The van der Waals surface area contributed by atoms with Crippen LogP contribution in [0, 0.1) is 13.8 Å². The summed E-state index contributed by atoms with van der Waals surface area (Å²) in [7, 11) is 0. The van der Waals surface area contributed by atoms with E-state index in [4.69, 9.17) is 4.74 Å². The number of carbonyl (C=O) groups excluding carboxylic acids is 3. The molecule has 0 radical (unpaired) electrons. The summed E-state index contributed by atoms with van der Waals surface area (Å²) in [6.07, 6.45) is -5.96. The Morgan fingerprint density at radius 1 is 1.19 bits per heavy atom. The molecule has 1 aromatic heterocycles. The van der Waals surface area contributed by atoms with Gasteiger partial charge in [-0.3, -0.25) is 10.1 Å². The van der Waals surface area contributed by atoms with Crippen molar-refractivity contribution < 1.29 is 32.3 Å². The molecule has 0 aliphatic rings. The molecule has 0 aliphatic carbocycles. The minimum Gasteiger partial charge on any atom is -0.449 e. The molecule has 1 atom stereocenters. The van der Waals surface area contributed by atoms with Gasteiger partial charge >= 0.3 is 18.2 Å². The number of carbonyl (C=O) groups is 3. The van der Waals surface area contributed by atoms with Gasteiger partial charge < -0.3 is 14.6 Å². The number of esters is 1. The summed E-state index contributed by atoms with van der Waals surface area (Å²) in [5, 5.41) is 3.17. The Balaban J connectivity index is 2.68. The summed E-state index contributed by atoms with van der Waals surface area (Å²) < 4.78 is 42.9. The van der Waals surface area contributed by atoms with Gasteiger partial charge in [0.05, 0.1) is 5.56 Å².